The van der Waals surface area contributed by atoms with Gasteiger partial charge in [0.1, 0.15) is 0 Å². The Kier molecular flexibility index (Phi) is 2.65. The molecule has 2 fully saturated rings. The molecule has 2 amide bonds. The normalized spacial score (nSPS) is 23.8. The van der Waals surface area contributed by atoms with Crippen molar-refractivity contribution in [3.8, 4) is 0 Å². The van der Waals surface area contributed by atoms with Gasteiger partial charge in [-0.2, -0.15) is 0 Å². The van der Waals surface area contributed by atoms with E-state index in [2.05, 4.69) is 0 Å². The van der Waals surface area contributed by atoms with Gasteiger partial charge in [-0.15, -0.1) is 0 Å². The highest BCUT2D eigenvalue weighted by atomic mass is 16.3. The van der Waals surface area contributed by atoms with Crippen LogP contribution in [0, 0.1) is 5.41 Å². The fraction of sp³-hybridized carbons (Fsp3) is 0.800. The Morgan fingerprint density at radius 3 is 2.27 bits per heavy atom. The second kappa shape index (κ2) is 3.81. The molecule has 0 aromatic carbocycles. The van der Waals surface area contributed by atoms with Crippen LogP contribution < -0.4 is 0 Å². The highest BCUT2D eigenvalue weighted by Gasteiger charge is 2.51. The monoisotopic (exact) mass is 212 g/mol. The molecule has 5 nitrogen and oxygen atoms in total. The average molecular weight is 212 g/mol. The number of hydrogen-bond donors (Lipinski definition) is 1. The first-order valence-corrected chi connectivity index (χ1v) is 5.31. The molecule has 1 aliphatic carbocycles. The summed E-state index contributed by atoms with van der Waals surface area (Å²) in [4.78, 5) is 25.9. The zero-order valence-corrected chi connectivity index (χ0v) is 8.69. The van der Waals surface area contributed by atoms with Gasteiger partial charge in [0.05, 0.1) is 12.0 Å². The van der Waals surface area contributed by atoms with Crippen LogP contribution in [0.3, 0.4) is 0 Å². The second-order valence-electron chi connectivity index (χ2n) is 4.37. The third-order valence-electron chi connectivity index (χ3n) is 3.36. The minimum absolute atomic E-state index is 0.0419. The molecule has 1 saturated carbocycles. The van der Waals surface area contributed by atoms with Crippen LogP contribution in [0.25, 0.3) is 0 Å². The quantitative estimate of drug-likeness (QED) is 0.614. The van der Waals surface area contributed by atoms with Gasteiger partial charge in [-0.05, 0) is 12.8 Å². The standard InChI is InChI=1S/C10H16N2O3/c13-7-10(1-2-10)9(15)12-5-3-11(8-14)4-6-12/h8,13H,1-7H2. The number of carbonyl (C=O) groups excluding carboxylic acids is 2. The Morgan fingerprint density at radius 2 is 1.87 bits per heavy atom. The Labute approximate surface area is 88.6 Å². The average Bonchev–Trinajstić information content (AvgIpc) is 3.09. The fourth-order valence-corrected chi connectivity index (χ4v) is 1.96. The largest absolute Gasteiger partial charge is 0.395 e. The maximum atomic E-state index is 12.0. The van der Waals surface area contributed by atoms with E-state index in [0.29, 0.717) is 26.2 Å². The predicted octanol–water partition coefficient (Wildman–Crippen LogP) is -0.940. The molecule has 0 unspecified atom stereocenters. The molecule has 0 aromatic rings. The number of amides is 2. The zero-order valence-electron chi connectivity index (χ0n) is 8.69. The zero-order chi connectivity index (χ0) is 10.9. The van der Waals surface area contributed by atoms with Crippen LogP contribution in [0.5, 0.6) is 0 Å². The van der Waals surface area contributed by atoms with E-state index in [0.717, 1.165) is 19.3 Å². The minimum Gasteiger partial charge on any atom is -0.395 e. The van der Waals surface area contributed by atoms with Gasteiger partial charge in [0.15, 0.2) is 0 Å². The molecule has 0 bridgehead atoms. The summed E-state index contributed by atoms with van der Waals surface area (Å²) in [7, 11) is 0. The van der Waals surface area contributed by atoms with Gasteiger partial charge in [0.25, 0.3) is 0 Å². The summed E-state index contributed by atoms with van der Waals surface area (Å²) >= 11 is 0. The van der Waals surface area contributed by atoms with Crippen molar-refractivity contribution in [3.05, 3.63) is 0 Å². The molecule has 84 valence electrons. The molecule has 2 aliphatic rings. The molecule has 0 radical (unpaired) electrons. The van der Waals surface area contributed by atoms with Gasteiger partial charge >= 0.3 is 0 Å². The molecule has 1 heterocycles. The van der Waals surface area contributed by atoms with Crippen LogP contribution in [0.2, 0.25) is 0 Å². The van der Waals surface area contributed by atoms with Crippen LogP contribution in [0.1, 0.15) is 12.8 Å². The summed E-state index contributed by atoms with van der Waals surface area (Å²) in [6.45, 7) is 2.37. The van der Waals surface area contributed by atoms with E-state index in [-0.39, 0.29) is 12.5 Å². The van der Waals surface area contributed by atoms with Crippen molar-refractivity contribution in [1.29, 1.82) is 0 Å². The van der Waals surface area contributed by atoms with Crippen molar-refractivity contribution in [2.24, 2.45) is 5.41 Å². The van der Waals surface area contributed by atoms with Crippen molar-refractivity contribution in [3.63, 3.8) is 0 Å². The first-order valence-electron chi connectivity index (χ1n) is 5.31. The lowest BCUT2D eigenvalue weighted by molar-refractivity contribution is -0.141. The molecule has 1 N–H and O–H groups in total. The highest BCUT2D eigenvalue weighted by Crippen LogP contribution is 2.46. The number of rotatable bonds is 3. The van der Waals surface area contributed by atoms with E-state index in [1.807, 2.05) is 0 Å². The number of carbonyl (C=O) groups is 2. The van der Waals surface area contributed by atoms with Crippen LogP contribution in [0.4, 0.5) is 0 Å². The van der Waals surface area contributed by atoms with Gasteiger partial charge in [-0.1, -0.05) is 0 Å². The Hall–Kier alpha value is -1.10. The van der Waals surface area contributed by atoms with Gasteiger partial charge in [-0.3, -0.25) is 9.59 Å². The smallest absolute Gasteiger partial charge is 0.231 e. The fourth-order valence-electron chi connectivity index (χ4n) is 1.96. The van der Waals surface area contributed by atoms with Crippen LogP contribution in [-0.4, -0.2) is 60.0 Å². The van der Waals surface area contributed by atoms with E-state index in [9.17, 15) is 9.59 Å². The second-order valence-corrected chi connectivity index (χ2v) is 4.37. The SMILES string of the molecule is O=CN1CCN(C(=O)C2(CO)CC2)CC1. The molecule has 2 rings (SSSR count). The van der Waals surface area contributed by atoms with Crippen LogP contribution >= 0.6 is 0 Å². The summed E-state index contributed by atoms with van der Waals surface area (Å²) in [6, 6.07) is 0. The predicted molar refractivity (Wildman–Crippen MR) is 53.0 cm³/mol. The molecule has 0 atom stereocenters. The lowest BCUT2D eigenvalue weighted by Crippen LogP contribution is -2.50. The van der Waals surface area contributed by atoms with Gasteiger partial charge < -0.3 is 14.9 Å². The number of piperazine rings is 1. The third kappa shape index (κ3) is 1.84. The van der Waals surface area contributed by atoms with Crippen molar-refractivity contribution in [2.75, 3.05) is 32.8 Å². The number of hydrogen-bond acceptors (Lipinski definition) is 3. The van der Waals surface area contributed by atoms with E-state index in [1.165, 1.54) is 0 Å². The molecule has 0 spiro atoms. The molecule has 15 heavy (non-hydrogen) atoms. The van der Waals surface area contributed by atoms with E-state index < -0.39 is 5.41 Å². The highest BCUT2D eigenvalue weighted by molar-refractivity contribution is 5.85. The summed E-state index contributed by atoms with van der Waals surface area (Å²) in [5.41, 5.74) is -0.469. The van der Waals surface area contributed by atoms with Gasteiger partial charge in [0.2, 0.25) is 12.3 Å². The van der Waals surface area contributed by atoms with Crippen molar-refractivity contribution in [1.82, 2.24) is 9.80 Å². The Bertz CT molecular complexity index is 268. The van der Waals surface area contributed by atoms with Gasteiger partial charge in [-0.25, -0.2) is 0 Å². The van der Waals surface area contributed by atoms with Crippen LogP contribution in [0.15, 0.2) is 0 Å². The number of aliphatic hydroxyl groups is 1. The summed E-state index contributed by atoms with van der Waals surface area (Å²) < 4.78 is 0. The summed E-state index contributed by atoms with van der Waals surface area (Å²) in [6.07, 6.45) is 2.42. The first-order chi connectivity index (χ1) is 7.22. The summed E-state index contributed by atoms with van der Waals surface area (Å²) in [5.74, 6) is 0.0653. The van der Waals surface area contributed by atoms with Crippen LogP contribution in [-0.2, 0) is 9.59 Å². The first kappa shape index (κ1) is 10.4. The van der Waals surface area contributed by atoms with E-state index in [1.54, 1.807) is 9.80 Å². The van der Waals surface area contributed by atoms with E-state index in [4.69, 9.17) is 5.11 Å². The molecular formula is C10H16N2O3. The van der Waals surface area contributed by atoms with Crippen molar-refractivity contribution < 1.29 is 14.7 Å². The number of nitrogens with zero attached hydrogens (tertiary/aromatic N) is 2. The topological polar surface area (TPSA) is 60.9 Å². The molecule has 1 aliphatic heterocycles. The van der Waals surface area contributed by atoms with E-state index >= 15 is 0 Å². The lowest BCUT2D eigenvalue weighted by Gasteiger charge is -2.34. The molecular weight excluding hydrogens is 196 g/mol. The minimum atomic E-state index is -0.469. The lowest BCUT2D eigenvalue weighted by atomic mass is 10.1. The number of aliphatic hydroxyl groups excluding tert-OH is 1. The van der Waals surface area contributed by atoms with Gasteiger partial charge in [0, 0.05) is 26.2 Å². The third-order valence-corrected chi connectivity index (χ3v) is 3.36. The maximum Gasteiger partial charge on any atom is 0.231 e. The van der Waals surface area contributed by atoms with Crippen molar-refractivity contribution >= 4 is 12.3 Å². The molecule has 1 saturated heterocycles. The molecule has 0 aromatic heterocycles. The Morgan fingerprint density at radius 1 is 1.27 bits per heavy atom. The summed E-state index contributed by atoms with van der Waals surface area (Å²) in [5, 5.41) is 9.14. The van der Waals surface area contributed by atoms with Crippen molar-refractivity contribution in [2.45, 2.75) is 12.8 Å². The Balaban J connectivity index is 1.90. The molecule has 5 heteroatoms. The maximum absolute atomic E-state index is 12.0.